The fraction of sp³-hybridized carbons (Fsp3) is 0.941. The van der Waals surface area contributed by atoms with Crippen LogP contribution < -0.4 is 0 Å². The van der Waals surface area contributed by atoms with E-state index in [1.54, 1.807) is 6.92 Å². The molecule has 4 nitrogen and oxygen atoms in total. The molecule has 38 heavy (non-hydrogen) atoms. The van der Waals surface area contributed by atoms with E-state index in [2.05, 4.69) is 48.5 Å². The summed E-state index contributed by atoms with van der Waals surface area (Å²) in [6.45, 7) is 18.7. The predicted molar refractivity (Wildman–Crippen MR) is 151 cm³/mol. The van der Waals surface area contributed by atoms with Crippen molar-refractivity contribution in [2.45, 2.75) is 139 Å². The van der Waals surface area contributed by atoms with Crippen LogP contribution in [0.1, 0.15) is 132 Å². The van der Waals surface area contributed by atoms with Crippen LogP contribution in [0.2, 0.25) is 0 Å². The van der Waals surface area contributed by atoms with Crippen molar-refractivity contribution in [2.24, 2.45) is 62.6 Å². The van der Waals surface area contributed by atoms with Crippen molar-refractivity contribution < 1.29 is 19.4 Å². The highest BCUT2D eigenvalue weighted by Crippen LogP contribution is 2.75. The van der Waals surface area contributed by atoms with Gasteiger partial charge >= 0.3 is 11.9 Å². The standard InChI is InChI=1S/C34H56O4/c1-21-9-12-27(38-23(3)35)30(4,5)24(21)13-15-32(7)22(2)10-11-26-28-25(31(6)17-18-31)14-16-34(28,29(36)37)20-19-33(26,32)8/h21-22,24-28H,9-20H2,1-8H3,(H,36,37)/t21-,22+,24-,25-,26-,27+,28-,32-,33-,34+/m1/s1. The van der Waals surface area contributed by atoms with Crippen molar-refractivity contribution in [3.63, 3.8) is 0 Å². The van der Waals surface area contributed by atoms with E-state index in [9.17, 15) is 14.7 Å². The molecule has 0 amide bonds. The number of carbonyl (C=O) groups is 2. The molecule has 1 N–H and O–H groups in total. The van der Waals surface area contributed by atoms with E-state index in [4.69, 9.17) is 4.74 Å². The lowest BCUT2D eigenvalue weighted by atomic mass is 9.39. The van der Waals surface area contributed by atoms with E-state index in [1.807, 2.05) is 0 Å². The maximum Gasteiger partial charge on any atom is 0.309 e. The van der Waals surface area contributed by atoms with Gasteiger partial charge in [-0.3, -0.25) is 9.59 Å². The van der Waals surface area contributed by atoms with Gasteiger partial charge in [0.1, 0.15) is 6.10 Å². The Morgan fingerprint density at radius 3 is 2.13 bits per heavy atom. The molecule has 5 fully saturated rings. The zero-order chi connectivity index (χ0) is 27.9. The molecule has 0 aromatic carbocycles. The second kappa shape index (κ2) is 9.23. The lowest BCUT2D eigenvalue weighted by molar-refractivity contribution is -0.191. The summed E-state index contributed by atoms with van der Waals surface area (Å²) in [4.78, 5) is 24.9. The fourth-order valence-corrected chi connectivity index (χ4v) is 11.4. The summed E-state index contributed by atoms with van der Waals surface area (Å²) in [6, 6.07) is 0. The molecule has 0 heterocycles. The maximum absolute atomic E-state index is 13.0. The number of fused-ring (bicyclic) bond motifs is 3. The van der Waals surface area contributed by atoms with Crippen LogP contribution in [0, 0.1) is 62.6 Å². The molecule has 0 aromatic heterocycles. The van der Waals surface area contributed by atoms with E-state index in [0.717, 1.165) is 38.5 Å². The first-order valence-electron chi connectivity index (χ1n) is 16.0. The molecule has 5 aliphatic rings. The minimum atomic E-state index is -0.495. The van der Waals surface area contributed by atoms with E-state index in [0.29, 0.717) is 40.9 Å². The van der Waals surface area contributed by atoms with Crippen molar-refractivity contribution in [3.05, 3.63) is 0 Å². The van der Waals surface area contributed by atoms with Crippen LogP contribution in [0.25, 0.3) is 0 Å². The number of ether oxygens (including phenoxy) is 1. The Hall–Kier alpha value is -1.06. The van der Waals surface area contributed by atoms with Crippen LogP contribution in [0.15, 0.2) is 0 Å². The third-order valence-corrected chi connectivity index (χ3v) is 14.6. The summed E-state index contributed by atoms with van der Waals surface area (Å²) in [5.41, 5.74) is 0.244. The number of rotatable bonds is 6. The molecule has 0 unspecified atom stereocenters. The second-order valence-electron chi connectivity index (χ2n) is 16.3. The molecule has 5 rings (SSSR count). The Morgan fingerprint density at radius 1 is 0.842 bits per heavy atom. The van der Waals surface area contributed by atoms with Gasteiger partial charge in [0.15, 0.2) is 0 Å². The van der Waals surface area contributed by atoms with E-state index >= 15 is 0 Å². The molecular weight excluding hydrogens is 472 g/mol. The highest BCUT2D eigenvalue weighted by atomic mass is 16.5. The van der Waals surface area contributed by atoms with Crippen LogP contribution in [-0.4, -0.2) is 23.1 Å². The number of hydrogen-bond acceptors (Lipinski definition) is 3. The largest absolute Gasteiger partial charge is 0.481 e. The number of carboxylic acid groups (broad SMARTS) is 1. The molecule has 10 atom stereocenters. The quantitative estimate of drug-likeness (QED) is 0.351. The SMILES string of the molecule is CC(=O)O[C@H]1CC[C@@H](C)[C@@H](CC[C@]2(C)[C@@H](C)CC[C@@H]3[C@H]4[C@H](C5(C)CC5)CC[C@]4(C(=O)O)CC[C@]32C)C1(C)C. The van der Waals surface area contributed by atoms with Crippen molar-refractivity contribution in [3.8, 4) is 0 Å². The highest BCUT2D eigenvalue weighted by molar-refractivity contribution is 5.76. The Labute approximate surface area is 232 Å². The Bertz CT molecular complexity index is 950. The van der Waals surface area contributed by atoms with Gasteiger partial charge in [-0.15, -0.1) is 0 Å². The van der Waals surface area contributed by atoms with Gasteiger partial charge < -0.3 is 9.84 Å². The number of esters is 1. The molecule has 5 aliphatic carbocycles. The van der Waals surface area contributed by atoms with Gasteiger partial charge in [0.05, 0.1) is 5.41 Å². The number of aliphatic carboxylic acids is 1. The summed E-state index contributed by atoms with van der Waals surface area (Å²) in [6.07, 6.45) is 13.4. The average Bonchev–Trinajstić information content (AvgIpc) is 3.44. The van der Waals surface area contributed by atoms with Crippen molar-refractivity contribution >= 4 is 11.9 Å². The lowest BCUT2D eigenvalue weighted by Gasteiger charge is -2.65. The van der Waals surface area contributed by atoms with Gasteiger partial charge in [-0.1, -0.05) is 48.5 Å². The summed E-state index contributed by atoms with van der Waals surface area (Å²) in [5, 5.41) is 10.7. The van der Waals surface area contributed by atoms with Crippen molar-refractivity contribution in [1.29, 1.82) is 0 Å². The second-order valence-corrected chi connectivity index (χ2v) is 16.3. The maximum atomic E-state index is 13.0. The van der Waals surface area contributed by atoms with Gasteiger partial charge in [0.2, 0.25) is 0 Å². The normalized spacial score (nSPS) is 49.0. The van der Waals surface area contributed by atoms with Crippen LogP contribution in [0.4, 0.5) is 0 Å². The van der Waals surface area contributed by atoms with Gasteiger partial charge in [0.25, 0.3) is 0 Å². The number of carbonyl (C=O) groups excluding carboxylic acids is 1. The van der Waals surface area contributed by atoms with Crippen LogP contribution in [0.3, 0.4) is 0 Å². The monoisotopic (exact) mass is 528 g/mol. The summed E-state index contributed by atoms with van der Waals surface area (Å²) in [7, 11) is 0. The third-order valence-electron chi connectivity index (χ3n) is 14.6. The van der Waals surface area contributed by atoms with Crippen molar-refractivity contribution in [1.82, 2.24) is 0 Å². The molecular formula is C34H56O4. The predicted octanol–water partition coefficient (Wildman–Crippen LogP) is 8.52. The number of hydrogen-bond donors (Lipinski definition) is 1. The van der Waals surface area contributed by atoms with Crippen LogP contribution in [-0.2, 0) is 14.3 Å². The van der Waals surface area contributed by atoms with Gasteiger partial charge in [-0.05, 0) is 129 Å². The molecule has 0 bridgehead atoms. The average molecular weight is 529 g/mol. The van der Waals surface area contributed by atoms with E-state index in [-0.39, 0.29) is 28.3 Å². The summed E-state index contributed by atoms with van der Waals surface area (Å²) in [5.74, 6) is 2.60. The molecule has 0 radical (unpaired) electrons. The Kier molecular flexibility index (Phi) is 6.92. The minimum Gasteiger partial charge on any atom is -0.481 e. The first kappa shape index (κ1) is 28.5. The van der Waals surface area contributed by atoms with Gasteiger partial charge in [-0.25, -0.2) is 0 Å². The molecule has 0 saturated heterocycles. The summed E-state index contributed by atoms with van der Waals surface area (Å²) >= 11 is 0. The van der Waals surface area contributed by atoms with E-state index in [1.165, 1.54) is 38.5 Å². The summed E-state index contributed by atoms with van der Waals surface area (Å²) < 4.78 is 5.86. The third kappa shape index (κ3) is 4.03. The molecule has 4 heteroatoms. The van der Waals surface area contributed by atoms with E-state index < -0.39 is 11.4 Å². The fourth-order valence-electron chi connectivity index (χ4n) is 11.4. The molecule has 5 saturated carbocycles. The molecule has 0 aromatic rings. The van der Waals surface area contributed by atoms with Crippen LogP contribution >= 0.6 is 0 Å². The zero-order valence-corrected chi connectivity index (χ0v) is 25.7. The molecule has 0 aliphatic heterocycles. The lowest BCUT2D eigenvalue weighted by Crippen LogP contribution is -2.60. The number of carboxylic acids is 1. The van der Waals surface area contributed by atoms with Gasteiger partial charge in [-0.2, -0.15) is 0 Å². The first-order valence-corrected chi connectivity index (χ1v) is 16.0. The smallest absolute Gasteiger partial charge is 0.309 e. The highest BCUT2D eigenvalue weighted by Gasteiger charge is 2.70. The van der Waals surface area contributed by atoms with Crippen molar-refractivity contribution in [2.75, 3.05) is 0 Å². The molecule has 0 spiro atoms. The minimum absolute atomic E-state index is 0.00511. The Balaban J connectivity index is 1.44. The van der Waals surface area contributed by atoms with Gasteiger partial charge in [0, 0.05) is 12.3 Å². The molecule has 216 valence electrons. The van der Waals surface area contributed by atoms with Crippen LogP contribution in [0.5, 0.6) is 0 Å². The topological polar surface area (TPSA) is 63.6 Å². The zero-order valence-electron chi connectivity index (χ0n) is 25.7. The Morgan fingerprint density at radius 2 is 1.53 bits per heavy atom. The first-order chi connectivity index (χ1) is 17.6.